The monoisotopic (exact) mass is 464 g/mol. The Morgan fingerprint density at radius 3 is 1.85 bits per heavy atom. The van der Waals surface area contributed by atoms with Gasteiger partial charge in [-0.05, 0) is 67.6 Å². The number of nitrogens with one attached hydrogen (secondary N) is 3. The summed E-state index contributed by atoms with van der Waals surface area (Å²) in [5, 5.41) is 18.8. The quantitative estimate of drug-likeness (QED) is 0.267. The molecule has 0 aliphatic rings. The lowest BCUT2D eigenvalue weighted by atomic mass is 10.1. The molecule has 34 heavy (non-hydrogen) atoms. The molecule has 0 saturated heterocycles. The molecule has 3 aromatic carbocycles. The van der Waals surface area contributed by atoms with Gasteiger partial charge in [-0.2, -0.15) is 0 Å². The first-order valence-electron chi connectivity index (χ1n) is 10.2. The van der Waals surface area contributed by atoms with Crippen LogP contribution in [0.25, 0.3) is 0 Å². The van der Waals surface area contributed by atoms with E-state index in [0.29, 0.717) is 22.4 Å². The Balaban J connectivity index is 1.45. The predicted octanol–water partition coefficient (Wildman–Crippen LogP) is 3.45. The highest BCUT2D eigenvalue weighted by molar-refractivity contribution is 6.04. The van der Waals surface area contributed by atoms with Gasteiger partial charge in [0.05, 0.1) is 4.92 Å². The summed E-state index contributed by atoms with van der Waals surface area (Å²) >= 11 is 0. The second-order valence-corrected chi connectivity index (χ2v) is 7.31. The number of rotatable bonds is 8. The molecule has 174 valence electrons. The summed E-state index contributed by atoms with van der Waals surface area (Å²) in [6, 6.07) is 15.4. The highest BCUT2D eigenvalue weighted by Gasteiger charge is 2.14. The Labute approximate surface area is 194 Å². The lowest BCUT2D eigenvalue weighted by Crippen LogP contribution is -2.34. The highest BCUT2D eigenvalue weighted by Crippen LogP contribution is 2.18. The smallest absolute Gasteiger partial charge is 0.272 e. The lowest BCUT2D eigenvalue weighted by molar-refractivity contribution is -0.385. The molecule has 0 fully saturated rings. The molecule has 0 aliphatic heterocycles. The average Bonchev–Trinajstić information content (AvgIpc) is 2.82. The van der Waals surface area contributed by atoms with Crippen LogP contribution in [0, 0.1) is 22.9 Å². The maximum absolute atomic E-state index is 13.0. The Hall–Kier alpha value is -4.60. The molecular formula is C24H21FN4O5. The third-order valence-corrected chi connectivity index (χ3v) is 4.86. The third-order valence-electron chi connectivity index (χ3n) is 4.86. The van der Waals surface area contributed by atoms with Gasteiger partial charge in [0, 0.05) is 47.1 Å². The Bertz CT molecular complexity index is 1230. The fourth-order valence-corrected chi connectivity index (χ4v) is 3.07. The minimum absolute atomic E-state index is 0.0650. The zero-order valence-electron chi connectivity index (χ0n) is 18.1. The van der Waals surface area contributed by atoms with Gasteiger partial charge in [0.2, 0.25) is 0 Å². The summed E-state index contributed by atoms with van der Waals surface area (Å²) in [5.74, 6) is -1.62. The predicted molar refractivity (Wildman–Crippen MR) is 123 cm³/mol. The number of carbonyl (C=O) groups is 3. The van der Waals surface area contributed by atoms with Crippen molar-refractivity contribution in [1.82, 2.24) is 10.6 Å². The van der Waals surface area contributed by atoms with Gasteiger partial charge >= 0.3 is 0 Å². The van der Waals surface area contributed by atoms with Crippen molar-refractivity contribution in [2.24, 2.45) is 0 Å². The Kier molecular flexibility index (Phi) is 7.65. The lowest BCUT2D eigenvalue weighted by Gasteiger charge is -2.09. The minimum Gasteiger partial charge on any atom is -0.350 e. The Morgan fingerprint density at radius 2 is 1.29 bits per heavy atom. The number of amides is 3. The largest absolute Gasteiger partial charge is 0.350 e. The molecule has 3 aromatic rings. The maximum atomic E-state index is 13.0. The van der Waals surface area contributed by atoms with E-state index in [1.807, 2.05) is 0 Å². The van der Waals surface area contributed by atoms with Crippen LogP contribution in [0.2, 0.25) is 0 Å². The molecule has 0 radical (unpaired) electrons. The molecule has 0 atom stereocenters. The summed E-state index contributed by atoms with van der Waals surface area (Å²) in [4.78, 5) is 47.0. The Morgan fingerprint density at radius 1 is 0.794 bits per heavy atom. The van der Waals surface area contributed by atoms with Crippen molar-refractivity contribution in [3.63, 3.8) is 0 Å². The molecule has 0 saturated carbocycles. The van der Waals surface area contributed by atoms with Gasteiger partial charge in [-0.1, -0.05) is 0 Å². The SMILES string of the molecule is Cc1cc(C(=O)NCCNC(=O)c2ccc(NC(=O)c3ccc(F)cc3)cc2)ccc1[N+](=O)[O-]. The number of nitro groups is 1. The average molecular weight is 464 g/mol. The van der Waals surface area contributed by atoms with E-state index in [4.69, 9.17) is 0 Å². The van der Waals surface area contributed by atoms with Crippen molar-refractivity contribution < 1.29 is 23.7 Å². The van der Waals surface area contributed by atoms with E-state index in [0.717, 1.165) is 0 Å². The van der Waals surface area contributed by atoms with Gasteiger partial charge in [-0.15, -0.1) is 0 Å². The summed E-state index contributed by atoms with van der Waals surface area (Å²) in [6.45, 7) is 1.88. The van der Waals surface area contributed by atoms with Gasteiger partial charge in [-0.25, -0.2) is 4.39 Å². The first-order valence-corrected chi connectivity index (χ1v) is 10.2. The van der Waals surface area contributed by atoms with E-state index in [-0.39, 0.29) is 30.2 Å². The normalized spacial score (nSPS) is 10.3. The molecule has 9 nitrogen and oxygen atoms in total. The van der Waals surface area contributed by atoms with Crippen LogP contribution in [0.15, 0.2) is 66.7 Å². The molecule has 0 aliphatic carbocycles. The molecule has 0 aromatic heterocycles. The number of carbonyl (C=O) groups excluding carboxylic acids is 3. The highest BCUT2D eigenvalue weighted by atomic mass is 19.1. The van der Waals surface area contributed by atoms with Crippen LogP contribution in [0.4, 0.5) is 15.8 Å². The fraction of sp³-hybridized carbons (Fsp3) is 0.125. The van der Waals surface area contributed by atoms with Crippen molar-refractivity contribution in [3.8, 4) is 0 Å². The summed E-state index contributed by atoms with van der Waals surface area (Å²) in [5.41, 5.74) is 1.73. The first-order chi connectivity index (χ1) is 16.2. The van der Waals surface area contributed by atoms with Gasteiger partial charge < -0.3 is 16.0 Å². The van der Waals surface area contributed by atoms with Crippen molar-refractivity contribution in [3.05, 3.63) is 105 Å². The molecule has 0 unspecified atom stereocenters. The van der Waals surface area contributed by atoms with Crippen LogP contribution in [0.5, 0.6) is 0 Å². The number of anilines is 1. The number of hydrogen-bond acceptors (Lipinski definition) is 5. The van der Waals surface area contributed by atoms with E-state index in [1.165, 1.54) is 54.6 Å². The van der Waals surface area contributed by atoms with Crippen molar-refractivity contribution in [2.75, 3.05) is 18.4 Å². The van der Waals surface area contributed by atoms with Crippen LogP contribution in [0.3, 0.4) is 0 Å². The molecule has 3 amide bonds. The number of nitrogens with zero attached hydrogens (tertiary/aromatic N) is 1. The van der Waals surface area contributed by atoms with E-state index < -0.39 is 22.6 Å². The summed E-state index contributed by atoms with van der Waals surface area (Å²) in [6.07, 6.45) is 0. The number of nitro benzene ring substituents is 1. The maximum Gasteiger partial charge on any atom is 0.272 e. The molecule has 3 N–H and O–H groups in total. The first kappa shape index (κ1) is 24.1. The number of hydrogen-bond donors (Lipinski definition) is 3. The number of aryl methyl sites for hydroxylation is 1. The van der Waals surface area contributed by atoms with Gasteiger partial charge in [0.15, 0.2) is 0 Å². The molecule has 0 bridgehead atoms. The number of benzene rings is 3. The van der Waals surface area contributed by atoms with E-state index >= 15 is 0 Å². The van der Waals surface area contributed by atoms with Crippen LogP contribution in [-0.2, 0) is 0 Å². The zero-order chi connectivity index (χ0) is 24.7. The van der Waals surface area contributed by atoms with Gasteiger partial charge in [0.25, 0.3) is 23.4 Å². The molecule has 10 heteroatoms. The van der Waals surface area contributed by atoms with Crippen molar-refractivity contribution in [1.29, 1.82) is 0 Å². The standard InChI is InChI=1S/C24H21FN4O5/c1-15-14-18(6-11-21(15)29(33)34)23(31)27-13-12-26-22(30)16-4-9-20(10-5-16)28-24(32)17-2-7-19(25)8-3-17/h2-11,14H,12-13H2,1H3,(H,26,30)(H,27,31)(H,28,32). The van der Waals surface area contributed by atoms with Gasteiger partial charge in [0.1, 0.15) is 5.82 Å². The third kappa shape index (κ3) is 6.22. The van der Waals surface area contributed by atoms with E-state index in [2.05, 4.69) is 16.0 Å². The van der Waals surface area contributed by atoms with Crippen molar-refractivity contribution >= 4 is 29.1 Å². The summed E-state index contributed by atoms with van der Waals surface area (Å²) in [7, 11) is 0. The topological polar surface area (TPSA) is 130 Å². The van der Waals surface area contributed by atoms with Crippen LogP contribution >= 0.6 is 0 Å². The molecule has 3 rings (SSSR count). The minimum atomic E-state index is -0.515. The molecule has 0 spiro atoms. The van der Waals surface area contributed by atoms with Crippen LogP contribution in [0.1, 0.15) is 36.6 Å². The molecule has 0 heterocycles. The van der Waals surface area contributed by atoms with Crippen molar-refractivity contribution in [2.45, 2.75) is 6.92 Å². The van der Waals surface area contributed by atoms with Crippen LogP contribution < -0.4 is 16.0 Å². The van der Waals surface area contributed by atoms with E-state index in [1.54, 1.807) is 19.1 Å². The zero-order valence-corrected chi connectivity index (χ0v) is 18.1. The molecular weight excluding hydrogens is 443 g/mol. The number of halogens is 1. The second kappa shape index (κ2) is 10.8. The fourth-order valence-electron chi connectivity index (χ4n) is 3.07. The summed E-state index contributed by atoms with van der Waals surface area (Å²) < 4.78 is 13.0. The van der Waals surface area contributed by atoms with Gasteiger partial charge in [-0.3, -0.25) is 24.5 Å². The van der Waals surface area contributed by atoms with Crippen LogP contribution in [-0.4, -0.2) is 35.7 Å². The second-order valence-electron chi connectivity index (χ2n) is 7.31. The van der Waals surface area contributed by atoms with E-state index in [9.17, 15) is 28.9 Å².